The van der Waals surface area contributed by atoms with Crippen molar-refractivity contribution in [3.8, 4) is 23.0 Å². The van der Waals surface area contributed by atoms with Gasteiger partial charge in [-0.25, -0.2) is 0 Å². The van der Waals surface area contributed by atoms with Crippen LogP contribution < -0.4 is 19.5 Å². The Hall–Kier alpha value is -2.73. The zero-order valence-corrected chi connectivity index (χ0v) is 21.8. The number of carbonyl (C=O) groups is 1. The summed E-state index contributed by atoms with van der Waals surface area (Å²) in [7, 11) is 3.28. The van der Waals surface area contributed by atoms with Crippen LogP contribution in [0.3, 0.4) is 0 Å². The predicted octanol–water partition coefficient (Wildman–Crippen LogP) is 5.88. The first-order valence-electron chi connectivity index (χ1n) is 13.7. The van der Waals surface area contributed by atoms with Crippen molar-refractivity contribution in [2.45, 2.75) is 69.7 Å². The maximum Gasteiger partial charge on any atom is 0.232 e. The van der Waals surface area contributed by atoms with Gasteiger partial charge in [-0.3, -0.25) is 4.79 Å². The second-order valence-corrected chi connectivity index (χ2v) is 10.6. The van der Waals surface area contributed by atoms with Crippen LogP contribution in [0.5, 0.6) is 23.0 Å². The molecule has 5 rings (SSSR count). The van der Waals surface area contributed by atoms with Gasteiger partial charge in [-0.1, -0.05) is 38.2 Å². The van der Waals surface area contributed by atoms with Gasteiger partial charge in [0.15, 0.2) is 0 Å². The smallest absolute Gasteiger partial charge is 0.232 e. The van der Waals surface area contributed by atoms with Crippen molar-refractivity contribution in [1.82, 2.24) is 10.2 Å². The van der Waals surface area contributed by atoms with Crippen molar-refractivity contribution >= 4 is 5.91 Å². The van der Waals surface area contributed by atoms with Crippen molar-refractivity contribution in [3.63, 3.8) is 0 Å². The molecule has 36 heavy (non-hydrogen) atoms. The van der Waals surface area contributed by atoms with Gasteiger partial charge in [-0.15, -0.1) is 0 Å². The summed E-state index contributed by atoms with van der Waals surface area (Å²) in [5.41, 5.74) is 1.70. The lowest BCUT2D eigenvalue weighted by Gasteiger charge is -2.36. The molecule has 6 nitrogen and oxygen atoms in total. The topological polar surface area (TPSA) is 60.0 Å². The third kappa shape index (κ3) is 5.64. The summed E-state index contributed by atoms with van der Waals surface area (Å²) < 4.78 is 17.0. The van der Waals surface area contributed by atoms with Crippen molar-refractivity contribution < 1.29 is 19.0 Å². The summed E-state index contributed by atoms with van der Waals surface area (Å²) in [6.07, 6.45) is 11.8. The highest BCUT2D eigenvalue weighted by Crippen LogP contribution is 2.46. The number of methoxy groups -OCH3 is 2. The van der Waals surface area contributed by atoms with E-state index in [4.69, 9.17) is 14.2 Å². The molecule has 0 radical (unpaired) electrons. The summed E-state index contributed by atoms with van der Waals surface area (Å²) in [6.45, 7) is 3.35. The molecule has 2 aromatic rings. The second kappa shape index (κ2) is 11.5. The molecule has 0 bridgehead atoms. The van der Waals surface area contributed by atoms with Gasteiger partial charge >= 0.3 is 0 Å². The van der Waals surface area contributed by atoms with E-state index in [2.05, 4.69) is 10.2 Å². The molecular formula is C30H40N2O4. The largest absolute Gasteiger partial charge is 0.497 e. The van der Waals surface area contributed by atoms with Crippen LogP contribution in [0, 0.1) is 5.92 Å². The SMILES string of the molecule is COc1ccc2c(c1)Oc1ccc(OC)cc1C2C(=O)NC1CCN(CC2CCCCCCC2)CC1. The van der Waals surface area contributed by atoms with Gasteiger partial charge in [0.2, 0.25) is 5.91 Å². The Morgan fingerprint density at radius 1 is 0.861 bits per heavy atom. The number of fused-ring (bicyclic) bond motifs is 2. The van der Waals surface area contributed by atoms with E-state index < -0.39 is 5.92 Å². The Morgan fingerprint density at radius 2 is 1.53 bits per heavy atom. The van der Waals surface area contributed by atoms with E-state index in [0.717, 1.165) is 48.7 Å². The number of piperidine rings is 1. The number of nitrogens with one attached hydrogen (secondary N) is 1. The first-order valence-corrected chi connectivity index (χ1v) is 13.7. The first kappa shape index (κ1) is 24.9. The Balaban J connectivity index is 1.26. The van der Waals surface area contributed by atoms with Crippen LogP contribution in [0.15, 0.2) is 36.4 Å². The fourth-order valence-corrected chi connectivity index (χ4v) is 6.14. The molecule has 3 aliphatic rings. The predicted molar refractivity (Wildman–Crippen MR) is 141 cm³/mol. The molecule has 1 saturated heterocycles. The Morgan fingerprint density at radius 3 is 2.25 bits per heavy atom. The lowest BCUT2D eigenvalue weighted by atomic mass is 9.86. The summed E-state index contributed by atoms with van der Waals surface area (Å²) in [5, 5.41) is 3.39. The third-order valence-electron chi connectivity index (χ3n) is 8.22. The summed E-state index contributed by atoms with van der Waals surface area (Å²) in [5.74, 6) is 3.21. The standard InChI is InChI=1S/C30H40N2O4/c1-34-23-11-13-27-26(18-23)29(25-12-10-24(35-2)19-28(25)36-27)30(33)31-22-14-16-32(17-15-22)20-21-8-6-4-3-5-7-9-21/h10-13,18-19,21-22,29H,3-9,14-17,20H2,1-2H3,(H,31,33). The minimum absolute atomic E-state index is 0.0256. The van der Waals surface area contributed by atoms with E-state index in [-0.39, 0.29) is 11.9 Å². The van der Waals surface area contributed by atoms with Gasteiger partial charge in [0.1, 0.15) is 23.0 Å². The molecule has 1 aliphatic carbocycles. The maximum atomic E-state index is 13.8. The number of amides is 1. The monoisotopic (exact) mass is 492 g/mol. The normalized spacial score (nSPS) is 21.3. The number of ether oxygens (including phenoxy) is 3. The van der Waals surface area contributed by atoms with E-state index in [1.807, 2.05) is 36.4 Å². The number of nitrogens with zero attached hydrogens (tertiary/aromatic N) is 1. The highest BCUT2D eigenvalue weighted by Gasteiger charge is 2.35. The quantitative estimate of drug-likeness (QED) is 0.545. The average molecular weight is 493 g/mol. The molecule has 6 heteroatoms. The molecule has 194 valence electrons. The van der Waals surface area contributed by atoms with E-state index in [9.17, 15) is 4.79 Å². The van der Waals surface area contributed by atoms with Crippen LogP contribution >= 0.6 is 0 Å². The number of carbonyl (C=O) groups excluding carboxylic acids is 1. The molecule has 2 aromatic carbocycles. The summed E-state index contributed by atoms with van der Waals surface area (Å²) in [4.78, 5) is 16.4. The van der Waals surface area contributed by atoms with Crippen LogP contribution in [0.4, 0.5) is 0 Å². The minimum atomic E-state index is -0.447. The van der Waals surface area contributed by atoms with E-state index in [1.165, 1.54) is 51.5 Å². The van der Waals surface area contributed by atoms with Crippen LogP contribution in [-0.2, 0) is 4.79 Å². The fraction of sp³-hybridized carbons (Fsp3) is 0.567. The van der Waals surface area contributed by atoms with Gasteiger partial charge in [0, 0.05) is 42.9 Å². The number of benzene rings is 2. The van der Waals surface area contributed by atoms with E-state index in [1.54, 1.807) is 14.2 Å². The molecule has 2 aliphatic heterocycles. The molecule has 0 aromatic heterocycles. The lowest BCUT2D eigenvalue weighted by molar-refractivity contribution is -0.122. The van der Waals surface area contributed by atoms with E-state index >= 15 is 0 Å². The lowest BCUT2D eigenvalue weighted by Crippen LogP contribution is -2.47. The van der Waals surface area contributed by atoms with Gasteiger partial charge in [0.05, 0.1) is 20.1 Å². The average Bonchev–Trinajstić information content (AvgIpc) is 2.89. The van der Waals surface area contributed by atoms with Crippen molar-refractivity contribution in [2.24, 2.45) is 5.92 Å². The Kier molecular flexibility index (Phi) is 8.00. The highest BCUT2D eigenvalue weighted by molar-refractivity contribution is 5.90. The molecule has 1 saturated carbocycles. The molecule has 2 fully saturated rings. The summed E-state index contributed by atoms with van der Waals surface area (Å²) >= 11 is 0. The molecule has 1 unspecified atom stereocenters. The van der Waals surface area contributed by atoms with Crippen molar-refractivity contribution in [1.29, 1.82) is 0 Å². The number of rotatable bonds is 6. The molecule has 0 spiro atoms. The van der Waals surface area contributed by atoms with Gasteiger partial charge in [-0.05, 0) is 55.9 Å². The number of hydrogen-bond donors (Lipinski definition) is 1. The zero-order chi connectivity index (χ0) is 24.9. The maximum absolute atomic E-state index is 13.8. The van der Waals surface area contributed by atoms with Gasteiger partial charge < -0.3 is 24.4 Å². The summed E-state index contributed by atoms with van der Waals surface area (Å²) in [6, 6.07) is 11.6. The molecule has 2 heterocycles. The number of hydrogen-bond acceptors (Lipinski definition) is 5. The zero-order valence-electron chi connectivity index (χ0n) is 21.8. The van der Waals surface area contributed by atoms with Crippen LogP contribution in [0.25, 0.3) is 0 Å². The Labute approximate surface area is 215 Å². The van der Waals surface area contributed by atoms with Gasteiger partial charge in [-0.2, -0.15) is 0 Å². The van der Waals surface area contributed by atoms with Crippen LogP contribution in [0.2, 0.25) is 0 Å². The van der Waals surface area contributed by atoms with E-state index in [0.29, 0.717) is 17.2 Å². The number of likely N-dealkylation sites (tertiary alicyclic amines) is 1. The third-order valence-corrected chi connectivity index (χ3v) is 8.22. The molecule has 1 atom stereocenters. The molecular weight excluding hydrogens is 452 g/mol. The van der Waals surface area contributed by atoms with Crippen LogP contribution in [-0.4, -0.2) is 50.7 Å². The van der Waals surface area contributed by atoms with Gasteiger partial charge in [0.25, 0.3) is 0 Å². The van der Waals surface area contributed by atoms with Crippen LogP contribution in [0.1, 0.15) is 74.8 Å². The first-order chi connectivity index (χ1) is 17.6. The second-order valence-electron chi connectivity index (χ2n) is 10.6. The van der Waals surface area contributed by atoms with Crippen molar-refractivity contribution in [3.05, 3.63) is 47.5 Å². The Bertz CT molecular complexity index is 1040. The minimum Gasteiger partial charge on any atom is -0.497 e. The fourth-order valence-electron chi connectivity index (χ4n) is 6.14. The highest BCUT2D eigenvalue weighted by atomic mass is 16.5. The van der Waals surface area contributed by atoms with Crippen molar-refractivity contribution in [2.75, 3.05) is 33.9 Å². The molecule has 1 N–H and O–H groups in total. The molecule has 1 amide bonds.